The van der Waals surface area contributed by atoms with Crippen LogP contribution in [0, 0.1) is 6.92 Å². The Balaban J connectivity index is 1.60. The molecule has 6 heteroatoms. The molecule has 1 aromatic carbocycles. The number of aliphatic hydroxyl groups excluding tert-OH is 1. The predicted molar refractivity (Wildman–Crippen MR) is 93.0 cm³/mol. The highest BCUT2D eigenvalue weighted by molar-refractivity contribution is 5.89. The van der Waals surface area contributed by atoms with Crippen molar-refractivity contribution in [3.05, 3.63) is 47.8 Å². The van der Waals surface area contributed by atoms with E-state index < -0.39 is 0 Å². The molecule has 2 amide bonds. The SMILES string of the molecule is Cc1cnn(Cc2ccc(NC(=O)N3CCCC[C@H]3CO)cc2)c1. The number of amides is 2. The van der Waals surface area contributed by atoms with Crippen molar-refractivity contribution in [3.63, 3.8) is 0 Å². The average Bonchev–Trinajstić information content (AvgIpc) is 3.01. The van der Waals surface area contributed by atoms with Crippen LogP contribution in [-0.4, -0.2) is 45.0 Å². The Morgan fingerprint density at radius 3 is 2.79 bits per heavy atom. The monoisotopic (exact) mass is 328 g/mol. The van der Waals surface area contributed by atoms with Crippen LogP contribution in [-0.2, 0) is 6.54 Å². The number of hydrogen-bond donors (Lipinski definition) is 2. The van der Waals surface area contributed by atoms with Gasteiger partial charge in [-0.25, -0.2) is 4.79 Å². The first-order valence-electron chi connectivity index (χ1n) is 8.42. The van der Waals surface area contributed by atoms with Crippen molar-refractivity contribution < 1.29 is 9.90 Å². The van der Waals surface area contributed by atoms with Crippen LogP contribution in [0.4, 0.5) is 10.5 Å². The van der Waals surface area contributed by atoms with Gasteiger partial charge in [0, 0.05) is 18.4 Å². The molecule has 0 bridgehead atoms. The highest BCUT2D eigenvalue weighted by Crippen LogP contribution is 2.18. The molecule has 1 aliphatic rings. The second kappa shape index (κ2) is 7.49. The molecule has 2 aromatic rings. The summed E-state index contributed by atoms with van der Waals surface area (Å²) in [6, 6.07) is 7.59. The van der Waals surface area contributed by atoms with Crippen molar-refractivity contribution in [2.45, 2.75) is 38.8 Å². The number of rotatable bonds is 4. The number of likely N-dealkylation sites (tertiary alicyclic amines) is 1. The number of urea groups is 1. The third-order valence-corrected chi connectivity index (χ3v) is 4.41. The minimum absolute atomic E-state index is 0.0235. The zero-order chi connectivity index (χ0) is 16.9. The minimum atomic E-state index is -0.135. The van der Waals surface area contributed by atoms with Crippen LogP contribution in [0.15, 0.2) is 36.7 Å². The molecule has 0 aliphatic carbocycles. The van der Waals surface area contributed by atoms with Crippen molar-refractivity contribution in [1.29, 1.82) is 0 Å². The number of hydrogen-bond acceptors (Lipinski definition) is 3. The smallest absolute Gasteiger partial charge is 0.322 e. The third-order valence-electron chi connectivity index (χ3n) is 4.41. The Morgan fingerprint density at radius 2 is 2.12 bits per heavy atom. The third kappa shape index (κ3) is 3.94. The van der Waals surface area contributed by atoms with E-state index in [9.17, 15) is 9.90 Å². The molecule has 128 valence electrons. The van der Waals surface area contributed by atoms with Crippen molar-refractivity contribution >= 4 is 11.7 Å². The lowest BCUT2D eigenvalue weighted by Crippen LogP contribution is -2.47. The van der Waals surface area contributed by atoms with Crippen LogP contribution in [0.3, 0.4) is 0 Å². The van der Waals surface area contributed by atoms with Gasteiger partial charge in [0.05, 0.1) is 25.4 Å². The zero-order valence-corrected chi connectivity index (χ0v) is 14.0. The second-order valence-corrected chi connectivity index (χ2v) is 6.37. The fourth-order valence-electron chi connectivity index (χ4n) is 3.09. The zero-order valence-electron chi connectivity index (χ0n) is 14.0. The summed E-state index contributed by atoms with van der Waals surface area (Å²) in [5.41, 5.74) is 3.03. The van der Waals surface area contributed by atoms with E-state index in [0.717, 1.165) is 36.1 Å². The van der Waals surface area contributed by atoms with E-state index in [4.69, 9.17) is 0 Å². The Kier molecular flexibility index (Phi) is 5.15. The number of aromatic nitrogens is 2. The number of carbonyl (C=O) groups excluding carboxylic acids is 1. The van der Waals surface area contributed by atoms with Gasteiger partial charge in [0.1, 0.15) is 0 Å². The van der Waals surface area contributed by atoms with Gasteiger partial charge in [0.15, 0.2) is 0 Å². The summed E-state index contributed by atoms with van der Waals surface area (Å²) >= 11 is 0. The van der Waals surface area contributed by atoms with E-state index in [1.807, 2.05) is 48.3 Å². The standard InChI is InChI=1S/C18H24N4O2/c1-14-10-19-21(11-14)12-15-5-7-16(8-6-15)20-18(24)22-9-3-2-4-17(22)13-23/h5-8,10-11,17,23H,2-4,9,12-13H2,1H3,(H,20,24)/t17-/m0/s1. The van der Waals surface area contributed by atoms with E-state index in [2.05, 4.69) is 10.4 Å². The van der Waals surface area contributed by atoms with Gasteiger partial charge in [-0.2, -0.15) is 5.10 Å². The lowest BCUT2D eigenvalue weighted by molar-refractivity contribution is 0.115. The predicted octanol–water partition coefficient (Wildman–Crippen LogP) is 2.62. The molecular formula is C18H24N4O2. The molecule has 1 fully saturated rings. The van der Waals surface area contributed by atoms with Crippen LogP contribution in [0.25, 0.3) is 0 Å². The number of piperidine rings is 1. The molecule has 0 unspecified atom stereocenters. The van der Waals surface area contributed by atoms with Gasteiger partial charge in [-0.3, -0.25) is 4.68 Å². The first-order valence-corrected chi connectivity index (χ1v) is 8.42. The van der Waals surface area contributed by atoms with Gasteiger partial charge in [-0.05, 0) is 49.4 Å². The van der Waals surface area contributed by atoms with Crippen LogP contribution >= 0.6 is 0 Å². The number of anilines is 1. The highest BCUT2D eigenvalue weighted by Gasteiger charge is 2.25. The van der Waals surface area contributed by atoms with Crippen LogP contribution in [0.1, 0.15) is 30.4 Å². The first-order chi connectivity index (χ1) is 11.7. The minimum Gasteiger partial charge on any atom is -0.394 e. The number of carbonyl (C=O) groups is 1. The maximum absolute atomic E-state index is 12.4. The van der Waals surface area contributed by atoms with E-state index >= 15 is 0 Å². The molecule has 6 nitrogen and oxygen atoms in total. The van der Waals surface area contributed by atoms with Crippen molar-refractivity contribution in [2.75, 3.05) is 18.5 Å². The Morgan fingerprint density at radius 1 is 1.33 bits per heavy atom. The maximum Gasteiger partial charge on any atom is 0.322 e. The second-order valence-electron chi connectivity index (χ2n) is 6.37. The number of aryl methyl sites for hydroxylation is 1. The summed E-state index contributed by atoms with van der Waals surface area (Å²) in [7, 11) is 0. The fourth-order valence-corrected chi connectivity index (χ4v) is 3.09. The Bertz CT molecular complexity index is 681. The van der Waals surface area contributed by atoms with Gasteiger partial charge in [-0.15, -0.1) is 0 Å². The van der Waals surface area contributed by atoms with Crippen LogP contribution < -0.4 is 5.32 Å². The normalized spacial score (nSPS) is 17.8. The molecular weight excluding hydrogens is 304 g/mol. The molecule has 2 heterocycles. The lowest BCUT2D eigenvalue weighted by Gasteiger charge is -2.34. The highest BCUT2D eigenvalue weighted by atomic mass is 16.3. The van der Waals surface area contributed by atoms with E-state index in [1.165, 1.54) is 0 Å². The van der Waals surface area contributed by atoms with Gasteiger partial charge in [0.2, 0.25) is 0 Å². The topological polar surface area (TPSA) is 70.4 Å². The molecule has 0 saturated carbocycles. The molecule has 1 saturated heterocycles. The summed E-state index contributed by atoms with van der Waals surface area (Å²) in [5.74, 6) is 0. The Hall–Kier alpha value is -2.34. The van der Waals surface area contributed by atoms with E-state index in [1.54, 1.807) is 4.90 Å². The largest absolute Gasteiger partial charge is 0.394 e. The average molecular weight is 328 g/mol. The quantitative estimate of drug-likeness (QED) is 0.906. The summed E-state index contributed by atoms with van der Waals surface area (Å²) in [6.07, 6.45) is 6.76. The number of benzene rings is 1. The molecule has 1 aromatic heterocycles. The molecule has 2 N–H and O–H groups in total. The number of aliphatic hydroxyl groups is 1. The van der Waals surface area contributed by atoms with Gasteiger partial charge in [-0.1, -0.05) is 12.1 Å². The molecule has 1 aliphatic heterocycles. The van der Waals surface area contributed by atoms with Crippen molar-refractivity contribution in [3.8, 4) is 0 Å². The molecule has 1 atom stereocenters. The van der Waals surface area contributed by atoms with Gasteiger partial charge in [0.25, 0.3) is 0 Å². The summed E-state index contributed by atoms with van der Waals surface area (Å²) < 4.78 is 1.89. The summed E-state index contributed by atoms with van der Waals surface area (Å²) in [5, 5.41) is 16.6. The van der Waals surface area contributed by atoms with E-state index in [0.29, 0.717) is 13.1 Å². The number of nitrogens with zero attached hydrogens (tertiary/aromatic N) is 3. The van der Waals surface area contributed by atoms with Crippen LogP contribution in [0.2, 0.25) is 0 Å². The summed E-state index contributed by atoms with van der Waals surface area (Å²) in [6.45, 7) is 3.45. The van der Waals surface area contributed by atoms with Gasteiger partial charge < -0.3 is 15.3 Å². The summed E-state index contributed by atoms with van der Waals surface area (Å²) in [4.78, 5) is 14.1. The molecule has 0 spiro atoms. The van der Waals surface area contributed by atoms with Gasteiger partial charge >= 0.3 is 6.03 Å². The van der Waals surface area contributed by atoms with Crippen molar-refractivity contribution in [2.24, 2.45) is 0 Å². The maximum atomic E-state index is 12.4. The van der Waals surface area contributed by atoms with Crippen LogP contribution in [0.5, 0.6) is 0 Å². The molecule has 0 radical (unpaired) electrons. The molecule has 24 heavy (non-hydrogen) atoms. The van der Waals surface area contributed by atoms with E-state index in [-0.39, 0.29) is 18.7 Å². The fraction of sp³-hybridized carbons (Fsp3) is 0.444. The first kappa shape index (κ1) is 16.5. The Labute approximate surface area is 142 Å². The number of nitrogens with one attached hydrogen (secondary N) is 1. The van der Waals surface area contributed by atoms with Crippen molar-refractivity contribution in [1.82, 2.24) is 14.7 Å². The lowest BCUT2D eigenvalue weighted by atomic mass is 10.0. The molecule has 3 rings (SSSR count).